The van der Waals surface area contributed by atoms with Gasteiger partial charge < -0.3 is 10.2 Å². The third kappa shape index (κ3) is 2.13. The van der Waals surface area contributed by atoms with Crippen LogP contribution in [0.5, 0.6) is 0 Å². The molecule has 0 aromatic heterocycles. The Balaban J connectivity index is 2.91. The Morgan fingerprint density at radius 1 is 1.33 bits per heavy atom. The van der Waals surface area contributed by atoms with E-state index < -0.39 is 17.4 Å². The first-order valence-electron chi connectivity index (χ1n) is 5.34. The second kappa shape index (κ2) is 4.21. The quantitative estimate of drug-likeness (QED) is 0.753. The Morgan fingerprint density at radius 3 is 2.40 bits per heavy atom. The van der Waals surface area contributed by atoms with Crippen molar-refractivity contribution in [1.82, 2.24) is 0 Å². The number of carboxylic acid groups (broad SMARTS) is 2. The van der Waals surface area contributed by atoms with Crippen molar-refractivity contribution in [3.05, 3.63) is 0 Å². The highest BCUT2D eigenvalue weighted by molar-refractivity contribution is 5.77. The maximum Gasteiger partial charge on any atom is 0.309 e. The van der Waals surface area contributed by atoms with E-state index in [4.69, 9.17) is 5.11 Å². The summed E-state index contributed by atoms with van der Waals surface area (Å²) in [5, 5.41) is 18.0. The number of carbonyl (C=O) groups is 2. The van der Waals surface area contributed by atoms with Crippen LogP contribution in [0.1, 0.15) is 39.5 Å². The van der Waals surface area contributed by atoms with E-state index in [9.17, 15) is 14.7 Å². The summed E-state index contributed by atoms with van der Waals surface area (Å²) in [7, 11) is 0. The van der Waals surface area contributed by atoms with Gasteiger partial charge in [0.1, 0.15) is 0 Å². The fourth-order valence-corrected chi connectivity index (χ4v) is 2.58. The van der Waals surface area contributed by atoms with Crippen LogP contribution in [0.25, 0.3) is 0 Å². The molecule has 0 amide bonds. The van der Waals surface area contributed by atoms with Crippen molar-refractivity contribution in [2.24, 2.45) is 17.3 Å². The summed E-state index contributed by atoms with van der Waals surface area (Å²) in [5.74, 6) is -1.95. The zero-order valence-electron chi connectivity index (χ0n) is 9.19. The first-order valence-corrected chi connectivity index (χ1v) is 5.34. The maximum absolute atomic E-state index is 11.3. The van der Waals surface area contributed by atoms with Crippen LogP contribution >= 0.6 is 0 Å². The van der Waals surface area contributed by atoms with E-state index in [1.54, 1.807) is 6.92 Å². The molecular formula is C11H18O4. The Kier molecular flexibility index (Phi) is 3.37. The van der Waals surface area contributed by atoms with Gasteiger partial charge in [-0.05, 0) is 31.6 Å². The van der Waals surface area contributed by atoms with Gasteiger partial charge in [-0.2, -0.15) is 0 Å². The molecule has 0 bridgehead atoms. The molecule has 4 nitrogen and oxygen atoms in total. The van der Waals surface area contributed by atoms with Crippen LogP contribution in [-0.4, -0.2) is 22.2 Å². The molecule has 0 aromatic rings. The summed E-state index contributed by atoms with van der Waals surface area (Å²) in [4.78, 5) is 22.0. The van der Waals surface area contributed by atoms with Crippen LogP contribution in [0.15, 0.2) is 0 Å². The van der Waals surface area contributed by atoms with Gasteiger partial charge in [0.25, 0.3) is 0 Å². The van der Waals surface area contributed by atoms with Crippen LogP contribution in [-0.2, 0) is 9.59 Å². The fraction of sp³-hybridized carbons (Fsp3) is 0.818. The molecule has 1 rings (SSSR count). The van der Waals surface area contributed by atoms with Gasteiger partial charge in [-0.25, -0.2) is 0 Å². The van der Waals surface area contributed by atoms with Crippen LogP contribution in [0.3, 0.4) is 0 Å². The van der Waals surface area contributed by atoms with Gasteiger partial charge in [0.15, 0.2) is 0 Å². The minimum absolute atomic E-state index is 0.0346. The van der Waals surface area contributed by atoms with Gasteiger partial charge in [-0.15, -0.1) is 0 Å². The van der Waals surface area contributed by atoms with Gasteiger partial charge in [-0.3, -0.25) is 9.59 Å². The molecule has 0 saturated heterocycles. The Bertz CT molecular complexity index is 274. The minimum atomic E-state index is -0.901. The third-order valence-electron chi connectivity index (χ3n) is 3.94. The molecule has 0 aliphatic heterocycles. The van der Waals surface area contributed by atoms with Gasteiger partial charge in [0.05, 0.1) is 5.41 Å². The number of hydrogen-bond donors (Lipinski definition) is 2. The average molecular weight is 214 g/mol. The Hall–Kier alpha value is -1.06. The molecule has 86 valence electrons. The van der Waals surface area contributed by atoms with Gasteiger partial charge in [0, 0.05) is 6.42 Å². The summed E-state index contributed by atoms with van der Waals surface area (Å²) in [6.07, 6.45) is 2.48. The lowest BCUT2D eigenvalue weighted by Gasteiger charge is -2.42. The predicted octanol–water partition coefficient (Wildman–Crippen LogP) is 1.99. The topological polar surface area (TPSA) is 74.6 Å². The summed E-state index contributed by atoms with van der Waals surface area (Å²) in [6.45, 7) is 3.59. The van der Waals surface area contributed by atoms with Crippen LogP contribution in [0, 0.1) is 17.3 Å². The smallest absolute Gasteiger partial charge is 0.309 e. The lowest BCUT2D eigenvalue weighted by molar-refractivity contribution is -0.160. The highest BCUT2D eigenvalue weighted by Crippen LogP contribution is 2.46. The average Bonchev–Trinajstić information content (AvgIpc) is 2.12. The Morgan fingerprint density at radius 2 is 1.93 bits per heavy atom. The minimum Gasteiger partial charge on any atom is -0.481 e. The first kappa shape index (κ1) is 12.0. The number of rotatable bonds is 3. The van der Waals surface area contributed by atoms with Crippen molar-refractivity contribution < 1.29 is 19.8 Å². The molecule has 15 heavy (non-hydrogen) atoms. The molecule has 1 fully saturated rings. The van der Waals surface area contributed by atoms with E-state index in [0.29, 0.717) is 6.42 Å². The lowest BCUT2D eigenvalue weighted by Crippen LogP contribution is -2.45. The predicted molar refractivity (Wildman–Crippen MR) is 54.5 cm³/mol. The SMILES string of the molecule is CC1CCCC(CC(=O)O)C1(C)C(=O)O. The second-order valence-electron chi connectivity index (χ2n) is 4.71. The molecule has 4 heteroatoms. The van der Waals surface area contributed by atoms with Crippen molar-refractivity contribution >= 4 is 11.9 Å². The van der Waals surface area contributed by atoms with E-state index in [1.807, 2.05) is 6.92 Å². The van der Waals surface area contributed by atoms with E-state index in [0.717, 1.165) is 12.8 Å². The van der Waals surface area contributed by atoms with Crippen molar-refractivity contribution in [2.45, 2.75) is 39.5 Å². The van der Waals surface area contributed by atoms with Crippen LogP contribution in [0.4, 0.5) is 0 Å². The zero-order chi connectivity index (χ0) is 11.6. The molecule has 0 heterocycles. The van der Waals surface area contributed by atoms with E-state index in [-0.39, 0.29) is 18.3 Å². The normalized spacial score (nSPS) is 36.1. The number of hydrogen-bond acceptors (Lipinski definition) is 2. The van der Waals surface area contributed by atoms with E-state index in [2.05, 4.69) is 0 Å². The van der Waals surface area contributed by atoms with E-state index in [1.165, 1.54) is 0 Å². The number of carboxylic acids is 2. The number of aliphatic carboxylic acids is 2. The largest absolute Gasteiger partial charge is 0.481 e. The van der Waals surface area contributed by atoms with Gasteiger partial charge in [-0.1, -0.05) is 13.3 Å². The summed E-state index contributed by atoms with van der Waals surface area (Å²) in [6, 6.07) is 0. The molecule has 3 unspecified atom stereocenters. The summed E-state index contributed by atoms with van der Waals surface area (Å²) < 4.78 is 0. The molecule has 0 aromatic carbocycles. The first-order chi connectivity index (χ1) is 6.89. The van der Waals surface area contributed by atoms with E-state index >= 15 is 0 Å². The summed E-state index contributed by atoms with van der Waals surface area (Å²) in [5.41, 5.74) is -0.878. The molecular weight excluding hydrogens is 196 g/mol. The van der Waals surface area contributed by atoms with Crippen molar-refractivity contribution in [3.63, 3.8) is 0 Å². The molecule has 0 spiro atoms. The van der Waals surface area contributed by atoms with Gasteiger partial charge >= 0.3 is 11.9 Å². The zero-order valence-corrected chi connectivity index (χ0v) is 9.19. The Labute approximate surface area is 89.3 Å². The maximum atomic E-state index is 11.3. The molecule has 3 atom stereocenters. The highest BCUT2D eigenvalue weighted by Gasteiger charge is 2.48. The standard InChI is InChI=1S/C11H18O4/c1-7-4-3-5-8(6-9(12)13)11(7,2)10(14)15/h7-8H,3-6H2,1-2H3,(H,12,13)(H,14,15). The van der Waals surface area contributed by atoms with Crippen LogP contribution in [0.2, 0.25) is 0 Å². The monoisotopic (exact) mass is 214 g/mol. The van der Waals surface area contributed by atoms with Crippen LogP contribution < -0.4 is 0 Å². The van der Waals surface area contributed by atoms with Crippen molar-refractivity contribution in [1.29, 1.82) is 0 Å². The second-order valence-corrected chi connectivity index (χ2v) is 4.71. The van der Waals surface area contributed by atoms with Crippen molar-refractivity contribution in [2.75, 3.05) is 0 Å². The lowest BCUT2D eigenvalue weighted by atomic mass is 9.61. The summed E-state index contributed by atoms with van der Waals surface area (Å²) >= 11 is 0. The molecule has 2 N–H and O–H groups in total. The molecule has 0 radical (unpaired) electrons. The highest BCUT2D eigenvalue weighted by atomic mass is 16.4. The molecule has 1 aliphatic rings. The van der Waals surface area contributed by atoms with Gasteiger partial charge in [0.2, 0.25) is 0 Å². The van der Waals surface area contributed by atoms with Crippen molar-refractivity contribution in [3.8, 4) is 0 Å². The fourth-order valence-electron chi connectivity index (χ4n) is 2.58. The third-order valence-corrected chi connectivity index (χ3v) is 3.94. The molecule has 1 aliphatic carbocycles. The molecule has 1 saturated carbocycles.